The first kappa shape index (κ1) is 22.1. The van der Waals surface area contributed by atoms with Crippen LogP contribution in [0, 0.1) is 0 Å². The summed E-state index contributed by atoms with van der Waals surface area (Å²) in [6.07, 6.45) is 1.80. The molecule has 0 aliphatic carbocycles. The fraction of sp³-hybridized carbons (Fsp3) is 0.167. The molecule has 8 heteroatoms. The maximum atomic E-state index is 13.4. The van der Waals surface area contributed by atoms with Crippen molar-refractivity contribution < 1.29 is 9.53 Å². The summed E-state index contributed by atoms with van der Waals surface area (Å²) in [5.74, 6) is -0.175. The Morgan fingerprint density at radius 3 is 2.47 bits per heavy atom. The second-order valence-electron chi connectivity index (χ2n) is 7.22. The quantitative estimate of drug-likeness (QED) is 0.444. The lowest BCUT2D eigenvalue weighted by molar-refractivity contribution is 0.102. The first-order valence-electron chi connectivity index (χ1n) is 10.2. The molecule has 32 heavy (non-hydrogen) atoms. The highest BCUT2D eigenvalue weighted by Crippen LogP contribution is 2.30. The third-order valence-corrected chi connectivity index (χ3v) is 6.11. The number of nitrogens with one attached hydrogen (secondary N) is 1. The van der Waals surface area contributed by atoms with E-state index >= 15 is 0 Å². The number of anilines is 2. The highest BCUT2D eigenvalue weighted by Gasteiger charge is 2.21. The number of halogens is 1. The minimum Gasteiger partial charge on any atom is -0.378 e. The molecule has 0 spiro atoms. The number of hydrogen-bond acceptors (Lipinski definition) is 5. The Morgan fingerprint density at radius 2 is 1.72 bits per heavy atom. The van der Waals surface area contributed by atoms with Crippen molar-refractivity contribution in [1.82, 2.24) is 9.78 Å². The lowest BCUT2D eigenvalue weighted by Gasteiger charge is -2.30. The highest BCUT2D eigenvalue weighted by atomic mass is 35.5. The third-order valence-electron chi connectivity index (χ3n) is 5.24. The third kappa shape index (κ3) is 4.55. The van der Waals surface area contributed by atoms with Gasteiger partial charge < -0.3 is 15.0 Å². The van der Waals surface area contributed by atoms with Gasteiger partial charge in [0.2, 0.25) is 0 Å². The summed E-state index contributed by atoms with van der Waals surface area (Å²) in [5.41, 5.74) is 3.93. The summed E-state index contributed by atoms with van der Waals surface area (Å²) in [6.45, 7) is 2.99. The van der Waals surface area contributed by atoms with Crippen LogP contribution in [0.5, 0.6) is 0 Å². The normalized spacial score (nSPS) is 13.4. The van der Waals surface area contributed by atoms with Gasteiger partial charge >= 0.3 is 0 Å². The number of aromatic nitrogens is 2. The lowest BCUT2D eigenvalue weighted by atomic mass is 10.2. The van der Waals surface area contributed by atoms with E-state index < -0.39 is 0 Å². The molecule has 1 saturated heterocycles. The minimum absolute atomic E-state index is 0. The Labute approximate surface area is 196 Å². The number of thiophene rings is 1. The summed E-state index contributed by atoms with van der Waals surface area (Å²) in [4.78, 5) is 16.6. The van der Waals surface area contributed by atoms with Crippen molar-refractivity contribution in [3.63, 3.8) is 0 Å². The van der Waals surface area contributed by atoms with Gasteiger partial charge in [0.25, 0.3) is 5.91 Å². The SMILES string of the molecule is Cl.O=C(Nc1ccccc1N1CCOCC1)c1cn(-c2ccccc2)nc1-c1cccs1. The van der Waals surface area contributed by atoms with Gasteiger partial charge in [-0.1, -0.05) is 36.4 Å². The van der Waals surface area contributed by atoms with Gasteiger partial charge in [0.1, 0.15) is 5.69 Å². The Bertz CT molecular complexity index is 1170. The zero-order valence-corrected chi connectivity index (χ0v) is 18.9. The van der Waals surface area contributed by atoms with Crippen LogP contribution in [0.15, 0.2) is 78.3 Å². The van der Waals surface area contributed by atoms with Crippen molar-refractivity contribution in [2.75, 3.05) is 36.5 Å². The van der Waals surface area contributed by atoms with Crippen LogP contribution < -0.4 is 10.2 Å². The Kier molecular flexibility index (Phi) is 6.90. The fourth-order valence-electron chi connectivity index (χ4n) is 3.70. The zero-order chi connectivity index (χ0) is 21.0. The van der Waals surface area contributed by atoms with Crippen molar-refractivity contribution in [1.29, 1.82) is 0 Å². The van der Waals surface area contributed by atoms with E-state index in [-0.39, 0.29) is 18.3 Å². The van der Waals surface area contributed by atoms with Gasteiger partial charge in [-0.05, 0) is 35.7 Å². The van der Waals surface area contributed by atoms with E-state index in [4.69, 9.17) is 9.84 Å². The number of carbonyl (C=O) groups is 1. The topological polar surface area (TPSA) is 59.4 Å². The van der Waals surface area contributed by atoms with Gasteiger partial charge in [0.15, 0.2) is 0 Å². The van der Waals surface area contributed by atoms with Gasteiger partial charge in [0, 0.05) is 19.3 Å². The maximum absolute atomic E-state index is 13.4. The molecule has 5 rings (SSSR count). The molecule has 3 heterocycles. The van der Waals surface area contributed by atoms with Crippen LogP contribution in [0.2, 0.25) is 0 Å². The number of carbonyl (C=O) groups excluding carboxylic acids is 1. The van der Waals surface area contributed by atoms with E-state index in [9.17, 15) is 4.79 Å². The Hall–Kier alpha value is -3.13. The van der Waals surface area contributed by atoms with Gasteiger partial charge in [0.05, 0.1) is 40.7 Å². The van der Waals surface area contributed by atoms with Crippen LogP contribution >= 0.6 is 23.7 Å². The first-order valence-corrected chi connectivity index (χ1v) is 11.1. The number of para-hydroxylation sites is 3. The number of rotatable bonds is 5. The average molecular weight is 467 g/mol. The highest BCUT2D eigenvalue weighted by molar-refractivity contribution is 7.13. The number of nitrogens with zero attached hydrogens (tertiary/aromatic N) is 3. The molecule has 1 aliphatic heterocycles. The maximum Gasteiger partial charge on any atom is 0.259 e. The molecule has 1 aliphatic rings. The van der Waals surface area contributed by atoms with Crippen LogP contribution in [0.3, 0.4) is 0 Å². The van der Waals surface area contributed by atoms with E-state index in [1.807, 2.05) is 72.1 Å². The molecule has 4 aromatic rings. The second kappa shape index (κ2) is 9.99. The lowest BCUT2D eigenvalue weighted by Crippen LogP contribution is -2.36. The monoisotopic (exact) mass is 466 g/mol. The first-order chi connectivity index (χ1) is 15.3. The van der Waals surface area contributed by atoms with E-state index in [1.165, 1.54) is 0 Å². The molecule has 0 saturated carbocycles. The van der Waals surface area contributed by atoms with Gasteiger partial charge in [-0.15, -0.1) is 23.7 Å². The molecule has 6 nitrogen and oxygen atoms in total. The molecule has 1 N–H and O–H groups in total. The molecule has 0 atom stereocenters. The molecule has 1 amide bonds. The summed E-state index contributed by atoms with van der Waals surface area (Å²) in [7, 11) is 0. The van der Waals surface area contributed by atoms with E-state index in [0.717, 1.165) is 35.0 Å². The largest absolute Gasteiger partial charge is 0.378 e. The van der Waals surface area contributed by atoms with Crippen LogP contribution in [-0.2, 0) is 4.74 Å². The van der Waals surface area contributed by atoms with Crippen LogP contribution in [0.1, 0.15) is 10.4 Å². The van der Waals surface area contributed by atoms with E-state index in [1.54, 1.807) is 22.2 Å². The van der Waals surface area contributed by atoms with Crippen molar-refractivity contribution in [2.45, 2.75) is 0 Å². The van der Waals surface area contributed by atoms with Crippen LogP contribution in [0.4, 0.5) is 11.4 Å². The zero-order valence-electron chi connectivity index (χ0n) is 17.3. The van der Waals surface area contributed by atoms with E-state index in [0.29, 0.717) is 24.5 Å². The summed E-state index contributed by atoms with van der Waals surface area (Å²) in [5, 5.41) is 9.85. The second-order valence-corrected chi connectivity index (χ2v) is 8.17. The van der Waals surface area contributed by atoms with Gasteiger partial charge in [-0.25, -0.2) is 4.68 Å². The number of amides is 1. The molecule has 1 fully saturated rings. The van der Waals surface area contributed by atoms with Crippen molar-refractivity contribution >= 4 is 41.0 Å². The predicted octanol–water partition coefficient (Wildman–Crippen LogP) is 5.11. The number of morpholine rings is 1. The van der Waals surface area contributed by atoms with E-state index in [2.05, 4.69) is 10.2 Å². The predicted molar refractivity (Wildman–Crippen MR) is 132 cm³/mol. The Balaban J connectivity index is 0.00000245. The number of hydrogen-bond donors (Lipinski definition) is 1. The van der Waals surface area contributed by atoms with Crippen LogP contribution in [-0.4, -0.2) is 42.0 Å². The van der Waals surface area contributed by atoms with Gasteiger partial charge in [-0.2, -0.15) is 5.10 Å². The van der Waals surface area contributed by atoms with Crippen molar-refractivity contribution in [2.24, 2.45) is 0 Å². The van der Waals surface area contributed by atoms with Crippen molar-refractivity contribution in [3.8, 4) is 16.3 Å². The minimum atomic E-state index is -0.175. The molecule has 0 unspecified atom stereocenters. The van der Waals surface area contributed by atoms with Gasteiger partial charge in [-0.3, -0.25) is 4.79 Å². The standard InChI is InChI=1S/C24H22N4O2S.ClH/c29-24(25-20-9-4-5-10-21(20)27-12-14-30-15-13-27)19-17-28(18-7-2-1-3-8-18)26-23(19)22-11-6-16-31-22;/h1-11,16-17H,12-15H2,(H,25,29);1H. The molecular weight excluding hydrogens is 444 g/mol. The molecule has 2 aromatic carbocycles. The molecule has 0 bridgehead atoms. The summed E-state index contributed by atoms with van der Waals surface area (Å²) in [6, 6.07) is 21.7. The smallest absolute Gasteiger partial charge is 0.259 e. The summed E-state index contributed by atoms with van der Waals surface area (Å²) < 4.78 is 7.24. The van der Waals surface area contributed by atoms with Crippen molar-refractivity contribution in [3.05, 3.63) is 83.9 Å². The number of ether oxygens (including phenoxy) is 1. The average Bonchev–Trinajstić information content (AvgIpc) is 3.51. The fourth-order valence-corrected chi connectivity index (χ4v) is 4.42. The number of benzene rings is 2. The molecule has 0 radical (unpaired) electrons. The van der Waals surface area contributed by atoms with Crippen LogP contribution in [0.25, 0.3) is 16.3 Å². The Morgan fingerprint density at radius 1 is 0.969 bits per heavy atom. The molecule has 164 valence electrons. The molecule has 2 aromatic heterocycles. The molecular formula is C24H23ClN4O2S. The summed E-state index contributed by atoms with van der Waals surface area (Å²) >= 11 is 1.57.